The van der Waals surface area contributed by atoms with Gasteiger partial charge in [0.2, 0.25) is 5.91 Å². The highest BCUT2D eigenvalue weighted by atomic mass is 16.5. The third-order valence-electron chi connectivity index (χ3n) is 6.51. The molecule has 0 saturated heterocycles. The maximum atomic E-state index is 13.4. The SMILES string of the molecule is CO[C@@H]1CN(C)C(=O)c2ccc(NC(=O)Nc3ccccc3)cc2OC[C@@H](C)N(C(=O)CN(C)C)C[C@@H]1C. The molecule has 38 heavy (non-hydrogen) atoms. The van der Waals surface area contributed by atoms with E-state index in [-0.39, 0.29) is 43.0 Å². The molecule has 2 aromatic carbocycles. The molecule has 3 atom stereocenters. The van der Waals surface area contributed by atoms with Crippen LogP contribution < -0.4 is 15.4 Å². The van der Waals surface area contributed by atoms with Crippen LogP contribution in [0.4, 0.5) is 16.2 Å². The zero-order chi connectivity index (χ0) is 27.8. The van der Waals surface area contributed by atoms with Crippen LogP contribution in [0.5, 0.6) is 5.75 Å². The molecule has 0 bridgehead atoms. The molecule has 4 amide bonds. The molecule has 1 aliphatic heterocycles. The molecule has 0 unspecified atom stereocenters. The van der Waals surface area contributed by atoms with E-state index in [2.05, 4.69) is 10.6 Å². The van der Waals surface area contributed by atoms with Crippen molar-refractivity contribution in [1.82, 2.24) is 14.7 Å². The van der Waals surface area contributed by atoms with Crippen LogP contribution in [0.15, 0.2) is 48.5 Å². The van der Waals surface area contributed by atoms with E-state index >= 15 is 0 Å². The lowest BCUT2D eigenvalue weighted by Gasteiger charge is -2.36. The Balaban J connectivity index is 1.89. The minimum Gasteiger partial charge on any atom is -0.491 e. The summed E-state index contributed by atoms with van der Waals surface area (Å²) in [5.41, 5.74) is 1.49. The van der Waals surface area contributed by atoms with Crippen molar-refractivity contribution in [3.8, 4) is 5.75 Å². The molecule has 0 spiro atoms. The van der Waals surface area contributed by atoms with Crippen LogP contribution in [0.3, 0.4) is 0 Å². The van der Waals surface area contributed by atoms with Crippen molar-refractivity contribution in [3.63, 3.8) is 0 Å². The monoisotopic (exact) mass is 525 g/mol. The van der Waals surface area contributed by atoms with E-state index in [4.69, 9.17) is 9.47 Å². The van der Waals surface area contributed by atoms with Gasteiger partial charge in [0, 0.05) is 50.6 Å². The molecular formula is C28H39N5O5. The number of hydrogen-bond donors (Lipinski definition) is 2. The topological polar surface area (TPSA) is 103 Å². The predicted molar refractivity (Wildman–Crippen MR) is 148 cm³/mol. The van der Waals surface area contributed by atoms with Crippen molar-refractivity contribution in [2.75, 3.05) is 65.1 Å². The van der Waals surface area contributed by atoms with Gasteiger partial charge in [-0.1, -0.05) is 25.1 Å². The molecule has 206 valence electrons. The Kier molecular flexibility index (Phi) is 10.1. The first kappa shape index (κ1) is 28.9. The van der Waals surface area contributed by atoms with Crippen LogP contribution in [-0.4, -0.2) is 99.2 Å². The molecule has 3 rings (SSSR count). The lowest BCUT2D eigenvalue weighted by molar-refractivity contribution is -0.136. The summed E-state index contributed by atoms with van der Waals surface area (Å²) < 4.78 is 11.9. The van der Waals surface area contributed by atoms with Gasteiger partial charge in [0.15, 0.2) is 0 Å². The van der Waals surface area contributed by atoms with Crippen molar-refractivity contribution in [1.29, 1.82) is 0 Å². The van der Waals surface area contributed by atoms with E-state index in [1.807, 2.05) is 55.9 Å². The highest BCUT2D eigenvalue weighted by molar-refractivity contribution is 6.01. The van der Waals surface area contributed by atoms with Crippen LogP contribution in [0.1, 0.15) is 24.2 Å². The fraction of sp³-hybridized carbons (Fsp3) is 0.464. The van der Waals surface area contributed by atoms with Gasteiger partial charge in [0.05, 0.1) is 24.3 Å². The smallest absolute Gasteiger partial charge is 0.323 e. The number of para-hydroxylation sites is 1. The molecule has 1 heterocycles. The van der Waals surface area contributed by atoms with Gasteiger partial charge in [0.1, 0.15) is 12.4 Å². The second kappa shape index (κ2) is 13.3. The zero-order valence-electron chi connectivity index (χ0n) is 23.1. The summed E-state index contributed by atoms with van der Waals surface area (Å²) in [6.07, 6.45) is -0.266. The van der Waals surface area contributed by atoms with Gasteiger partial charge in [0.25, 0.3) is 5.91 Å². The summed E-state index contributed by atoms with van der Waals surface area (Å²) in [7, 11) is 7.05. The largest absolute Gasteiger partial charge is 0.491 e. The molecule has 0 aromatic heterocycles. The van der Waals surface area contributed by atoms with Gasteiger partial charge in [-0.3, -0.25) is 9.59 Å². The van der Waals surface area contributed by atoms with Gasteiger partial charge < -0.3 is 34.8 Å². The lowest BCUT2D eigenvalue weighted by atomic mass is 10.0. The van der Waals surface area contributed by atoms with E-state index in [0.717, 1.165) is 0 Å². The molecule has 0 aliphatic carbocycles. The number of methoxy groups -OCH3 is 1. The normalized spacial score (nSPS) is 20.6. The number of amides is 4. The Hall–Kier alpha value is -3.63. The number of fused-ring (bicyclic) bond motifs is 1. The van der Waals surface area contributed by atoms with Gasteiger partial charge >= 0.3 is 6.03 Å². The Morgan fingerprint density at radius 2 is 1.74 bits per heavy atom. The van der Waals surface area contributed by atoms with Gasteiger partial charge in [-0.25, -0.2) is 4.79 Å². The third-order valence-corrected chi connectivity index (χ3v) is 6.51. The summed E-state index contributed by atoms with van der Waals surface area (Å²) in [4.78, 5) is 44.3. The maximum Gasteiger partial charge on any atom is 0.323 e. The Labute approximate surface area is 224 Å². The number of ether oxygens (including phenoxy) is 2. The number of hydrogen-bond acceptors (Lipinski definition) is 6. The van der Waals surface area contributed by atoms with E-state index in [1.165, 1.54) is 0 Å². The van der Waals surface area contributed by atoms with Crippen LogP contribution in [0.2, 0.25) is 0 Å². The number of carbonyl (C=O) groups is 3. The highest BCUT2D eigenvalue weighted by Crippen LogP contribution is 2.27. The molecule has 0 saturated carbocycles. The Bertz CT molecular complexity index is 1110. The van der Waals surface area contributed by atoms with Gasteiger partial charge in [-0.2, -0.15) is 0 Å². The van der Waals surface area contributed by atoms with E-state index in [0.29, 0.717) is 35.8 Å². The van der Waals surface area contributed by atoms with Gasteiger partial charge in [-0.15, -0.1) is 0 Å². The van der Waals surface area contributed by atoms with Crippen LogP contribution in [-0.2, 0) is 9.53 Å². The third kappa shape index (κ3) is 7.69. The number of rotatable bonds is 5. The fourth-order valence-electron chi connectivity index (χ4n) is 4.37. The quantitative estimate of drug-likeness (QED) is 0.621. The zero-order valence-corrected chi connectivity index (χ0v) is 23.1. The standard InChI is InChI=1S/C28H39N5O5/c1-19-15-33(26(34)17-31(3)4)20(2)18-38-24-14-22(30-28(36)29-21-10-8-7-9-11-21)12-13-23(24)27(35)32(5)16-25(19)37-6/h7-14,19-20,25H,15-18H2,1-6H3,(H2,29,30,36)/t19-,20+,25+/m0/s1. The molecule has 0 radical (unpaired) electrons. The van der Waals surface area contributed by atoms with Crippen LogP contribution >= 0.6 is 0 Å². The number of carbonyl (C=O) groups excluding carboxylic acids is 3. The number of urea groups is 1. The molecule has 2 N–H and O–H groups in total. The molecule has 10 heteroatoms. The van der Waals surface area contributed by atoms with Crippen molar-refractivity contribution < 1.29 is 23.9 Å². The van der Waals surface area contributed by atoms with E-state index in [1.54, 1.807) is 49.4 Å². The summed E-state index contributed by atoms with van der Waals surface area (Å²) in [5.74, 6) is 0.0806. The second-order valence-corrected chi connectivity index (χ2v) is 10.0. The number of anilines is 2. The summed E-state index contributed by atoms with van der Waals surface area (Å²) in [6.45, 7) is 5.21. The number of nitrogens with zero attached hydrogens (tertiary/aromatic N) is 3. The van der Waals surface area contributed by atoms with Crippen molar-refractivity contribution >= 4 is 29.2 Å². The number of likely N-dealkylation sites (N-methyl/N-ethyl adjacent to an activating group) is 2. The van der Waals surface area contributed by atoms with Crippen LogP contribution in [0, 0.1) is 5.92 Å². The van der Waals surface area contributed by atoms with Crippen molar-refractivity contribution in [2.45, 2.75) is 26.0 Å². The number of benzene rings is 2. The summed E-state index contributed by atoms with van der Waals surface area (Å²) >= 11 is 0. The van der Waals surface area contributed by atoms with Crippen molar-refractivity contribution in [2.24, 2.45) is 5.92 Å². The minimum atomic E-state index is -0.418. The van der Waals surface area contributed by atoms with E-state index < -0.39 is 6.03 Å². The Morgan fingerprint density at radius 1 is 1.05 bits per heavy atom. The predicted octanol–water partition coefficient (Wildman–Crippen LogP) is 3.22. The first-order valence-corrected chi connectivity index (χ1v) is 12.7. The minimum absolute atomic E-state index is 0.0116. The molecule has 1 aliphatic rings. The molecule has 0 fully saturated rings. The average molecular weight is 526 g/mol. The fourth-order valence-corrected chi connectivity index (χ4v) is 4.37. The van der Waals surface area contributed by atoms with Gasteiger partial charge in [-0.05, 0) is 45.3 Å². The molecule has 10 nitrogen and oxygen atoms in total. The average Bonchev–Trinajstić information content (AvgIpc) is 2.87. The van der Waals surface area contributed by atoms with Crippen molar-refractivity contribution in [3.05, 3.63) is 54.1 Å². The number of nitrogens with one attached hydrogen (secondary N) is 2. The maximum absolute atomic E-state index is 13.4. The highest BCUT2D eigenvalue weighted by Gasteiger charge is 2.30. The Morgan fingerprint density at radius 3 is 2.39 bits per heavy atom. The molecular weight excluding hydrogens is 486 g/mol. The lowest BCUT2D eigenvalue weighted by Crippen LogP contribution is -2.50. The first-order valence-electron chi connectivity index (χ1n) is 12.7. The summed E-state index contributed by atoms with van der Waals surface area (Å²) in [6, 6.07) is 13.4. The molecule has 2 aromatic rings. The second-order valence-electron chi connectivity index (χ2n) is 10.0. The summed E-state index contributed by atoms with van der Waals surface area (Å²) in [5, 5.41) is 5.56. The van der Waals surface area contributed by atoms with E-state index in [9.17, 15) is 14.4 Å². The first-order chi connectivity index (χ1) is 18.1. The van der Waals surface area contributed by atoms with Crippen LogP contribution in [0.25, 0.3) is 0 Å².